The number of non-ortho nitro benzene ring substituents is 1. The third kappa shape index (κ3) is 5.07. The lowest BCUT2D eigenvalue weighted by Gasteiger charge is -2.27. The van der Waals surface area contributed by atoms with E-state index in [0.717, 1.165) is 11.3 Å². The molecule has 0 bridgehead atoms. The third-order valence-electron chi connectivity index (χ3n) is 5.89. The predicted octanol–water partition coefficient (Wildman–Crippen LogP) is 3.85. The van der Waals surface area contributed by atoms with Crippen LogP contribution in [-0.4, -0.2) is 34.3 Å². The van der Waals surface area contributed by atoms with E-state index in [4.69, 9.17) is 21.1 Å². The van der Waals surface area contributed by atoms with Crippen LogP contribution in [0.4, 0.5) is 5.69 Å². The summed E-state index contributed by atoms with van der Waals surface area (Å²) in [6.07, 6.45) is 2.49. The number of rotatable bonds is 8. The zero-order chi connectivity index (χ0) is 27.6. The van der Waals surface area contributed by atoms with Crippen molar-refractivity contribution in [2.45, 2.75) is 32.7 Å². The number of thiazole rings is 1. The van der Waals surface area contributed by atoms with Gasteiger partial charge in [-0.3, -0.25) is 19.5 Å². The lowest BCUT2D eigenvalue weighted by atomic mass is 9.93. The van der Waals surface area contributed by atoms with Crippen LogP contribution in [0.15, 0.2) is 57.5 Å². The van der Waals surface area contributed by atoms with Crippen molar-refractivity contribution in [2.24, 2.45) is 4.99 Å². The molecule has 1 atom stereocenters. The van der Waals surface area contributed by atoms with Gasteiger partial charge in [-0.15, -0.1) is 0 Å². The van der Waals surface area contributed by atoms with Crippen LogP contribution in [0.25, 0.3) is 6.08 Å². The fourth-order valence-electron chi connectivity index (χ4n) is 4.25. The van der Waals surface area contributed by atoms with Gasteiger partial charge in [0.2, 0.25) is 0 Å². The molecule has 0 saturated carbocycles. The Morgan fingerprint density at radius 3 is 2.71 bits per heavy atom. The molecular weight excluding hydrogens is 534 g/mol. The van der Waals surface area contributed by atoms with Crippen LogP contribution in [0, 0.1) is 10.1 Å². The van der Waals surface area contributed by atoms with Crippen LogP contribution in [0.5, 0.6) is 11.5 Å². The molecule has 0 aliphatic carbocycles. The number of hydrogen-bond donors (Lipinski definition) is 1. The summed E-state index contributed by atoms with van der Waals surface area (Å²) in [5.41, 5.74) is 0.495. The van der Waals surface area contributed by atoms with E-state index in [0.29, 0.717) is 39.7 Å². The summed E-state index contributed by atoms with van der Waals surface area (Å²) >= 11 is 7.37. The highest BCUT2D eigenvalue weighted by atomic mass is 35.5. The first-order valence-electron chi connectivity index (χ1n) is 11.7. The van der Waals surface area contributed by atoms with Gasteiger partial charge in [-0.05, 0) is 43.7 Å². The summed E-state index contributed by atoms with van der Waals surface area (Å²) in [7, 11) is 1.47. The molecule has 2 heterocycles. The molecule has 1 aromatic heterocycles. The van der Waals surface area contributed by atoms with Gasteiger partial charge in [-0.1, -0.05) is 36.3 Å². The maximum absolute atomic E-state index is 13.8. The van der Waals surface area contributed by atoms with Gasteiger partial charge in [0.15, 0.2) is 4.80 Å². The van der Waals surface area contributed by atoms with Gasteiger partial charge < -0.3 is 14.6 Å². The summed E-state index contributed by atoms with van der Waals surface area (Å²) in [6.45, 7) is 3.76. The minimum absolute atomic E-state index is 0.0970. The number of phenolic OH excluding ortho intramolecular Hbond substituents is 1. The van der Waals surface area contributed by atoms with Crippen LogP contribution in [0.2, 0.25) is 5.02 Å². The largest absolute Gasteiger partial charge is 0.507 e. The molecule has 4 rings (SSSR count). The van der Waals surface area contributed by atoms with Crippen molar-refractivity contribution >= 4 is 40.7 Å². The number of phenols is 1. The molecule has 38 heavy (non-hydrogen) atoms. The molecule has 0 spiro atoms. The van der Waals surface area contributed by atoms with Crippen LogP contribution < -0.4 is 19.6 Å². The lowest BCUT2D eigenvalue weighted by Crippen LogP contribution is -2.40. The van der Waals surface area contributed by atoms with E-state index in [1.165, 1.54) is 36.0 Å². The Balaban J connectivity index is 2.06. The number of halogens is 1. The first-order chi connectivity index (χ1) is 18.2. The Morgan fingerprint density at radius 2 is 2.05 bits per heavy atom. The minimum Gasteiger partial charge on any atom is -0.507 e. The first-order valence-corrected chi connectivity index (χ1v) is 12.9. The van der Waals surface area contributed by atoms with Gasteiger partial charge in [-0.2, -0.15) is 0 Å². The maximum atomic E-state index is 13.8. The molecule has 2 aromatic carbocycles. The number of nitrogens with zero attached hydrogens (tertiary/aromatic N) is 3. The molecule has 0 saturated heterocycles. The number of aromatic nitrogens is 1. The average molecular weight is 558 g/mol. The molecule has 0 fully saturated rings. The fraction of sp³-hybridized carbons (Fsp3) is 0.269. The number of methoxy groups -OCH3 is 1. The number of fused-ring (bicyclic) bond motifs is 1. The fourth-order valence-corrected chi connectivity index (χ4v) is 5.44. The van der Waals surface area contributed by atoms with Crippen molar-refractivity contribution < 1.29 is 24.3 Å². The van der Waals surface area contributed by atoms with Gasteiger partial charge in [0.05, 0.1) is 34.4 Å². The predicted molar refractivity (Wildman–Crippen MR) is 142 cm³/mol. The van der Waals surface area contributed by atoms with Gasteiger partial charge in [-0.25, -0.2) is 9.79 Å². The smallest absolute Gasteiger partial charge is 0.338 e. The highest BCUT2D eigenvalue weighted by Crippen LogP contribution is 2.38. The quantitative estimate of drug-likeness (QED) is 0.252. The maximum Gasteiger partial charge on any atom is 0.338 e. The van der Waals surface area contributed by atoms with Crippen LogP contribution >= 0.6 is 22.9 Å². The Labute approximate surface area is 225 Å². The van der Waals surface area contributed by atoms with Crippen LogP contribution in [-0.2, 0) is 9.53 Å². The summed E-state index contributed by atoms with van der Waals surface area (Å²) < 4.78 is 12.5. The monoisotopic (exact) mass is 557 g/mol. The average Bonchev–Trinajstić information content (AvgIpc) is 3.19. The third-order valence-corrected chi connectivity index (χ3v) is 7.11. The van der Waals surface area contributed by atoms with Crippen molar-refractivity contribution in [3.8, 4) is 11.5 Å². The van der Waals surface area contributed by atoms with Crippen LogP contribution in [0.1, 0.15) is 43.9 Å². The molecular formula is C26H24ClN3O7S. The van der Waals surface area contributed by atoms with E-state index in [9.17, 15) is 24.8 Å². The summed E-state index contributed by atoms with van der Waals surface area (Å²) in [4.78, 5) is 42.7. The molecule has 0 unspecified atom stereocenters. The molecule has 1 N–H and O–H groups in total. The highest BCUT2D eigenvalue weighted by Gasteiger charge is 2.36. The molecule has 1 aliphatic rings. The Bertz CT molecular complexity index is 1640. The molecule has 12 heteroatoms. The zero-order valence-corrected chi connectivity index (χ0v) is 22.3. The van der Waals surface area contributed by atoms with E-state index in [1.54, 1.807) is 25.1 Å². The Morgan fingerprint density at radius 1 is 1.29 bits per heavy atom. The minimum atomic E-state index is -0.957. The van der Waals surface area contributed by atoms with E-state index in [1.807, 2.05) is 6.92 Å². The van der Waals surface area contributed by atoms with E-state index < -0.39 is 22.5 Å². The second-order valence-corrected chi connectivity index (χ2v) is 9.75. The van der Waals surface area contributed by atoms with E-state index in [-0.39, 0.29) is 33.7 Å². The van der Waals surface area contributed by atoms with Gasteiger partial charge in [0, 0.05) is 28.3 Å². The number of hydrogen-bond acceptors (Lipinski definition) is 9. The number of carbonyl (C=O) groups excluding carboxylic acids is 1. The van der Waals surface area contributed by atoms with Crippen molar-refractivity contribution in [3.05, 3.63) is 93.6 Å². The number of nitro groups is 1. The number of esters is 1. The van der Waals surface area contributed by atoms with Crippen molar-refractivity contribution in [2.75, 3.05) is 13.7 Å². The van der Waals surface area contributed by atoms with Gasteiger partial charge >= 0.3 is 5.97 Å². The SMILES string of the molecule is CCCC1=C(C(=O)OCC)[C@H](c2cc(Cl)ccc2OC)n2c(s/c(=C/c3cc([N+](=O)[O-])ccc3O)c2=O)=N1. The van der Waals surface area contributed by atoms with Crippen LogP contribution in [0.3, 0.4) is 0 Å². The van der Waals surface area contributed by atoms with Crippen molar-refractivity contribution in [1.82, 2.24) is 4.57 Å². The molecule has 1 aliphatic heterocycles. The lowest BCUT2D eigenvalue weighted by molar-refractivity contribution is -0.384. The molecule has 0 amide bonds. The number of nitro benzene ring substituents is 1. The molecule has 0 radical (unpaired) electrons. The van der Waals surface area contributed by atoms with Gasteiger partial charge in [0.25, 0.3) is 11.2 Å². The molecule has 3 aromatic rings. The number of ether oxygens (including phenoxy) is 2. The molecule has 10 nitrogen and oxygen atoms in total. The van der Waals surface area contributed by atoms with Crippen molar-refractivity contribution in [3.63, 3.8) is 0 Å². The second-order valence-electron chi connectivity index (χ2n) is 8.30. The highest BCUT2D eigenvalue weighted by molar-refractivity contribution is 7.07. The first kappa shape index (κ1) is 27.1. The number of allylic oxidation sites excluding steroid dienone is 1. The Kier molecular flexibility index (Phi) is 7.98. The van der Waals surface area contributed by atoms with E-state index in [2.05, 4.69) is 4.99 Å². The standard InChI is InChI=1S/C26H24ClN3O7S/c1-4-6-18-22(25(33)37-5-2)23(17-13-15(27)7-10-20(17)36-3)29-24(32)21(38-26(29)28-18)12-14-11-16(30(34)35)8-9-19(14)31/h7-13,23,31H,4-6H2,1-3H3/b21-12+/t23-/m0/s1. The summed E-state index contributed by atoms with van der Waals surface area (Å²) in [5, 5.41) is 21.9. The zero-order valence-electron chi connectivity index (χ0n) is 20.8. The van der Waals surface area contributed by atoms with Gasteiger partial charge in [0.1, 0.15) is 17.5 Å². The van der Waals surface area contributed by atoms with E-state index >= 15 is 0 Å². The molecule has 198 valence electrons. The number of aromatic hydroxyl groups is 1. The van der Waals surface area contributed by atoms with Crippen molar-refractivity contribution in [1.29, 1.82) is 0 Å². The summed E-state index contributed by atoms with van der Waals surface area (Å²) in [5.74, 6) is -0.435. The summed E-state index contributed by atoms with van der Waals surface area (Å²) in [6, 6.07) is 7.50. The Hall–Kier alpha value is -3.96. The number of carbonyl (C=O) groups is 1. The normalized spacial score (nSPS) is 15.2. The topological polar surface area (TPSA) is 133 Å². The second kappa shape index (κ2) is 11.2. The number of benzene rings is 2.